The minimum Gasteiger partial charge on any atom is -0.494 e. The normalized spacial score (nSPS) is 18.8. The van der Waals surface area contributed by atoms with Crippen LogP contribution in [0.3, 0.4) is 0 Å². The first-order valence-corrected chi connectivity index (χ1v) is 17.9. The van der Waals surface area contributed by atoms with Crippen LogP contribution in [0.15, 0.2) is 42.5 Å². The molecule has 1 unspecified atom stereocenters. The zero-order valence-electron chi connectivity index (χ0n) is 30.6. The minimum absolute atomic E-state index is 0.0151. The summed E-state index contributed by atoms with van der Waals surface area (Å²) in [6, 6.07) is 11.8. The van der Waals surface area contributed by atoms with Crippen LogP contribution in [0.1, 0.15) is 88.6 Å². The molecule has 1 aromatic heterocycles. The Kier molecular flexibility index (Phi) is 12.7. The maximum Gasteiger partial charge on any atom is 0.422 e. The number of nitrogens with one attached hydrogen (secondary N) is 3. The van der Waals surface area contributed by atoms with Gasteiger partial charge in [-0.2, -0.15) is 28.1 Å². The lowest BCUT2D eigenvalue weighted by molar-refractivity contribution is -0.154. The van der Waals surface area contributed by atoms with E-state index in [1.54, 1.807) is 43.9 Å². The number of ether oxygens (including phenoxy) is 4. The van der Waals surface area contributed by atoms with Crippen LogP contribution in [0.5, 0.6) is 17.5 Å². The molecule has 1 fully saturated rings. The molecule has 16 heteroatoms. The lowest BCUT2D eigenvalue weighted by Crippen LogP contribution is -2.50. The van der Waals surface area contributed by atoms with Crippen molar-refractivity contribution in [1.82, 2.24) is 25.2 Å². The van der Waals surface area contributed by atoms with Crippen molar-refractivity contribution in [3.63, 3.8) is 0 Å². The van der Waals surface area contributed by atoms with Crippen molar-refractivity contribution in [2.75, 3.05) is 43.5 Å². The summed E-state index contributed by atoms with van der Waals surface area (Å²) in [6.45, 7) is 7.52. The number of anilines is 3. The average molecular weight is 744 g/mol. The van der Waals surface area contributed by atoms with Crippen molar-refractivity contribution in [3.8, 4) is 17.5 Å². The molecule has 1 atom stereocenters. The maximum atomic E-state index is 13.9. The Morgan fingerprint density at radius 2 is 1.60 bits per heavy atom. The summed E-state index contributed by atoms with van der Waals surface area (Å²) in [6.07, 6.45) is 1.11. The fourth-order valence-electron chi connectivity index (χ4n) is 5.85. The standard InChI is InChI=1S/C37H48F3N7O6/c1-35(2,3)53-34(49)46-36(4)17-18-47(23-36)30(48)28-16-13-26-21-29(28)51-20-10-8-6-5-7-9-19-50-27-14-11-25(12-15-27)22-41-31-43-32(42-26)45-33(44-31)52-24-37(38,39)40/h11-16,21H,5-10,17-20,22-24H2,1-4H3,(H,46,49)(H2,41,42,43,44,45). The van der Waals surface area contributed by atoms with E-state index in [0.717, 1.165) is 49.8 Å². The molecule has 3 N–H and O–H groups in total. The Morgan fingerprint density at radius 1 is 0.925 bits per heavy atom. The van der Waals surface area contributed by atoms with Crippen LogP contribution in [0.2, 0.25) is 0 Å². The first kappa shape index (κ1) is 39.2. The second kappa shape index (κ2) is 17.2. The molecule has 6 rings (SSSR count). The van der Waals surface area contributed by atoms with E-state index >= 15 is 0 Å². The van der Waals surface area contributed by atoms with Crippen molar-refractivity contribution < 1.29 is 41.7 Å². The first-order valence-electron chi connectivity index (χ1n) is 17.9. The van der Waals surface area contributed by atoms with Gasteiger partial charge >= 0.3 is 18.3 Å². The number of carbonyl (C=O) groups excluding carboxylic acids is 2. The van der Waals surface area contributed by atoms with Crippen LogP contribution in [0, 0.1) is 0 Å². The second-order valence-corrected chi connectivity index (χ2v) is 14.5. The summed E-state index contributed by atoms with van der Waals surface area (Å²) in [5, 5.41) is 8.94. The van der Waals surface area contributed by atoms with Gasteiger partial charge in [-0.05, 0) is 76.8 Å². The SMILES string of the molecule is CC1(NC(=O)OC(C)(C)C)CCN(C(=O)c2ccc3cc2OCCCCCCCCOc2ccc(cc2)CNc2nc(nc(OCC(F)(F)F)n2)N3)C1. The largest absolute Gasteiger partial charge is 0.494 e. The van der Waals surface area contributed by atoms with Crippen LogP contribution in [-0.4, -0.2) is 82.1 Å². The van der Waals surface area contributed by atoms with E-state index in [9.17, 15) is 22.8 Å². The van der Waals surface area contributed by atoms with Crippen LogP contribution < -0.4 is 30.2 Å². The zero-order chi connectivity index (χ0) is 38.1. The molecule has 0 saturated carbocycles. The van der Waals surface area contributed by atoms with Gasteiger partial charge in [0, 0.05) is 31.4 Å². The van der Waals surface area contributed by atoms with Gasteiger partial charge in [0.1, 0.15) is 17.1 Å². The zero-order valence-corrected chi connectivity index (χ0v) is 30.6. The molecule has 1 saturated heterocycles. The molecule has 2 amide bonds. The molecule has 6 bridgehead atoms. The molecule has 3 aliphatic heterocycles. The van der Waals surface area contributed by atoms with Gasteiger partial charge in [-0.25, -0.2) is 4.79 Å². The summed E-state index contributed by atoms with van der Waals surface area (Å²) in [5.74, 6) is 0.681. The number of amides is 2. The first-order chi connectivity index (χ1) is 25.1. The van der Waals surface area contributed by atoms with Crippen molar-refractivity contribution >= 4 is 29.6 Å². The Labute approximate surface area is 307 Å². The highest BCUT2D eigenvalue weighted by Gasteiger charge is 2.39. The molecule has 3 aliphatic rings. The van der Waals surface area contributed by atoms with Crippen LogP contribution in [0.25, 0.3) is 0 Å². The van der Waals surface area contributed by atoms with Gasteiger partial charge in [-0.1, -0.05) is 37.8 Å². The van der Waals surface area contributed by atoms with E-state index in [-0.39, 0.29) is 30.9 Å². The maximum absolute atomic E-state index is 13.9. The number of alkyl carbamates (subject to hydrolysis) is 1. The van der Waals surface area contributed by atoms with Crippen LogP contribution >= 0.6 is 0 Å². The number of carbonyl (C=O) groups is 2. The Hall–Kier alpha value is -5.02. The smallest absolute Gasteiger partial charge is 0.422 e. The van der Waals surface area contributed by atoms with E-state index in [2.05, 4.69) is 30.9 Å². The van der Waals surface area contributed by atoms with E-state index in [1.807, 2.05) is 31.2 Å². The number of halogens is 3. The van der Waals surface area contributed by atoms with Crippen molar-refractivity contribution in [3.05, 3.63) is 53.6 Å². The highest BCUT2D eigenvalue weighted by atomic mass is 19.4. The van der Waals surface area contributed by atoms with Gasteiger partial charge in [-0.15, -0.1) is 0 Å². The monoisotopic (exact) mass is 743 g/mol. The predicted molar refractivity (Wildman–Crippen MR) is 192 cm³/mol. The van der Waals surface area contributed by atoms with Gasteiger partial charge in [0.15, 0.2) is 6.61 Å². The number of benzene rings is 2. The van der Waals surface area contributed by atoms with Crippen LogP contribution in [-0.2, 0) is 11.3 Å². The highest BCUT2D eigenvalue weighted by Crippen LogP contribution is 2.31. The summed E-state index contributed by atoms with van der Waals surface area (Å²) < 4.78 is 61.5. The fourth-order valence-corrected chi connectivity index (χ4v) is 5.85. The predicted octanol–water partition coefficient (Wildman–Crippen LogP) is 7.41. The van der Waals surface area contributed by atoms with Crippen molar-refractivity contribution in [1.29, 1.82) is 0 Å². The van der Waals surface area contributed by atoms with E-state index in [1.165, 1.54) is 0 Å². The summed E-state index contributed by atoms with van der Waals surface area (Å²) in [4.78, 5) is 40.6. The van der Waals surface area contributed by atoms with E-state index in [4.69, 9.17) is 18.9 Å². The van der Waals surface area contributed by atoms with E-state index in [0.29, 0.717) is 43.2 Å². The van der Waals surface area contributed by atoms with Gasteiger partial charge in [0.25, 0.3) is 5.91 Å². The molecule has 0 aliphatic carbocycles. The molecule has 53 heavy (non-hydrogen) atoms. The Balaban J connectivity index is 1.38. The van der Waals surface area contributed by atoms with Gasteiger partial charge in [0.05, 0.1) is 24.3 Å². The van der Waals surface area contributed by atoms with E-state index < -0.39 is 36.0 Å². The lowest BCUT2D eigenvalue weighted by atomic mass is 10.0. The third-order valence-corrected chi connectivity index (χ3v) is 8.45. The topological polar surface area (TPSA) is 149 Å². The second-order valence-electron chi connectivity index (χ2n) is 14.5. The summed E-state index contributed by atoms with van der Waals surface area (Å²) in [5.41, 5.74) is 0.249. The number of nitrogens with zero attached hydrogens (tertiary/aromatic N) is 4. The average Bonchev–Trinajstić information content (AvgIpc) is 3.47. The van der Waals surface area contributed by atoms with Gasteiger partial charge in [-0.3, -0.25) is 4.79 Å². The third kappa shape index (κ3) is 12.6. The molecule has 0 radical (unpaired) electrons. The number of hydrogen-bond donors (Lipinski definition) is 3. The van der Waals surface area contributed by atoms with Gasteiger partial charge in [0.2, 0.25) is 11.9 Å². The number of alkyl halides is 3. The molecule has 13 nitrogen and oxygen atoms in total. The molecule has 4 heterocycles. The quantitative estimate of drug-likeness (QED) is 0.245. The third-order valence-electron chi connectivity index (χ3n) is 8.45. The fraction of sp³-hybridized carbons (Fsp3) is 0.541. The summed E-state index contributed by atoms with van der Waals surface area (Å²) in [7, 11) is 0. The van der Waals surface area contributed by atoms with Crippen molar-refractivity contribution in [2.24, 2.45) is 0 Å². The summed E-state index contributed by atoms with van der Waals surface area (Å²) >= 11 is 0. The lowest BCUT2D eigenvalue weighted by Gasteiger charge is -2.28. The number of likely N-dealkylation sites (tertiary alicyclic amines) is 1. The molecule has 3 aromatic rings. The minimum atomic E-state index is -4.61. The molecular weight excluding hydrogens is 695 g/mol. The Morgan fingerprint density at radius 3 is 2.30 bits per heavy atom. The molecule has 288 valence electrons. The number of fused-ring (bicyclic) bond motifs is 12. The molecular formula is C37H48F3N7O6. The number of hydrogen-bond acceptors (Lipinski definition) is 11. The van der Waals surface area contributed by atoms with Gasteiger partial charge < -0.3 is 39.8 Å². The molecule has 0 spiro atoms. The highest BCUT2D eigenvalue weighted by molar-refractivity contribution is 5.98. The molecule has 2 aromatic carbocycles. The Bertz CT molecular complexity index is 1700. The number of rotatable bonds is 4. The number of aromatic nitrogens is 3. The van der Waals surface area contributed by atoms with Crippen LogP contribution in [0.4, 0.5) is 35.5 Å². The van der Waals surface area contributed by atoms with Crippen molar-refractivity contribution in [2.45, 2.75) is 96.5 Å².